The quantitative estimate of drug-likeness (QED) is 0.550. The highest BCUT2D eigenvalue weighted by molar-refractivity contribution is 5.79. The van der Waals surface area contributed by atoms with Gasteiger partial charge in [0, 0.05) is 6.61 Å². The zero-order valence-corrected chi connectivity index (χ0v) is 13.3. The maximum absolute atomic E-state index is 11.4. The first-order chi connectivity index (χ1) is 9.51. The van der Waals surface area contributed by atoms with Crippen LogP contribution in [-0.4, -0.2) is 31.3 Å². The Bertz CT molecular complexity index is 291. The summed E-state index contributed by atoms with van der Waals surface area (Å²) in [6.45, 7) is 4.76. The topological polar surface area (TPSA) is 61.5 Å². The smallest absolute Gasteiger partial charge is 0.325 e. The van der Waals surface area contributed by atoms with Gasteiger partial charge in [-0.15, -0.1) is 0 Å². The number of unbranched alkanes of at least 4 members (excludes halogenated alkanes) is 1. The summed E-state index contributed by atoms with van der Waals surface area (Å²) in [5.74, 6) is 0.398. The number of esters is 1. The monoisotopic (exact) mass is 285 g/mol. The molecule has 0 saturated heterocycles. The van der Waals surface area contributed by atoms with E-state index >= 15 is 0 Å². The average Bonchev–Trinajstić information content (AvgIpc) is 2.46. The van der Waals surface area contributed by atoms with Gasteiger partial charge in [0.05, 0.1) is 13.2 Å². The summed E-state index contributed by atoms with van der Waals surface area (Å²) >= 11 is 0. The van der Waals surface area contributed by atoms with E-state index in [0.717, 1.165) is 25.4 Å². The summed E-state index contributed by atoms with van der Waals surface area (Å²) in [7, 11) is 1.38. The number of methoxy groups -OCH3 is 1. The maximum Gasteiger partial charge on any atom is 0.325 e. The molecule has 1 saturated carbocycles. The number of rotatable bonds is 8. The molecule has 0 heterocycles. The van der Waals surface area contributed by atoms with Gasteiger partial charge >= 0.3 is 5.97 Å². The molecule has 4 nitrogen and oxygen atoms in total. The summed E-state index contributed by atoms with van der Waals surface area (Å²) < 4.78 is 10.7. The highest BCUT2D eigenvalue weighted by Crippen LogP contribution is 2.29. The van der Waals surface area contributed by atoms with Crippen LogP contribution in [0.25, 0.3) is 0 Å². The van der Waals surface area contributed by atoms with Gasteiger partial charge in [-0.25, -0.2) is 0 Å². The van der Waals surface area contributed by atoms with E-state index in [1.165, 1.54) is 39.2 Å². The molecule has 0 radical (unpaired) electrons. The fourth-order valence-electron chi connectivity index (χ4n) is 3.02. The van der Waals surface area contributed by atoms with Crippen LogP contribution >= 0.6 is 0 Å². The van der Waals surface area contributed by atoms with Gasteiger partial charge in [-0.05, 0) is 44.9 Å². The van der Waals surface area contributed by atoms with Gasteiger partial charge in [-0.3, -0.25) is 4.79 Å². The standard InChI is InChI=1S/C16H31NO3/c1-4-13-9-5-6-10-14(13)20-12-8-7-11-16(2,17)15(18)19-3/h13-14H,4-12,17H2,1-3H3. The first-order valence-electron chi connectivity index (χ1n) is 8.00. The van der Waals surface area contributed by atoms with Crippen molar-refractivity contribution in [1.82, 2.24) is 0 Å². The van der Waals surface area contributed by atoms with Crippen molar-refractivity contribution in [2.45, 2.75) is 76.9 Å². The van der Waals surface area contributed by atoms with Gasteiger partial charge in [0.2, 0.25) is 0 Å². The lowest BCUT2D eigenvalue weighted by molar-refractivity contribution is -0.146. The molecule has 1 rings (SSSR count). The Kier molecular flexibility index (Phi) is 7.52. The molecule has 0 amide bonds. The summed E-state index contributed by atoms with van der Waals surface area (Å²) in [5, 5.41) is 0. The van der Waals surface area contributed by atoms with Crippen molar-refractivity contribution < 1.29 is 14.3 Å². The van der Waals surface area contributed by atoms with Crippen molar-refractivity contribution >= 4 is 5.97 Å². The SMILES string of the molecule is CCC1CCCCC1OCCCCC(C)(N)C(=O)OC. The molecule has 0 aromatic heterocycles. The summed E-state index contributed by atoms with van der Waals surface area (Å²) in [6.07, 6.45) is 9.31. The van der Waals surface area contributed by atoms with Gasteiger partial charge in [0.25, 0.3) is 0 Å². The summed E-state index contributed by atoms with van der Waals surface area (Å²) in [6, 6.07) is 0. The minimum atomic E-state index is -0.870. The van der Waals surface area contributed by atoms with E-state index in [-0.39, 0.29) is 5.97 Å². The minimum Gasteiger partial charge on any atom is -0.468 e. The van der Waals surface area contributed by atoms with Crippen LogP contribution in [0.2, 0.25) is 0 Å². The van der Waals surface area contributed by atoms with Gasteiger partial charge < -0.3 is 15.2 Å². The molecule has 3 unspecified atom stereocenters. The molecule has 20 heavy (non-hydrogen) atoms. The van der Waals surface area contributed by atoms with Gasteiger partial charge in [-0.1, -0.05) is 26.2 Å². The Hall–Kier alpha value is -0.610. The zero-order chi connectivity index (χ0) is 15.0. The lowest BCUT2D eigenvalue weighted by Crippen LogP contribution is -2.45. The van der Waals surface area contributed by atoms with E-state index < -0.39 is 5.54 Å². The summed E-state index contributed by atoms with van der Waals surface area (Å²) in [5.41, 5.74) is 5.05. The van der Waals surface area contributed by atoms with Crippen LogP contribution in [0.3, 0.4) is 0 Å². The molecule has 0 spiro atoms. The van der Waals surface area contributed by atoms with E-state index in [1.807, 2.05) is 0 Å². The molecule has 4 heteroatoms. The number of ether oxygens (including phenoxy) is 2. The number of hydrogen-bond donors (Lipinski definition) is 1. The molecule has 0 aliphatic heterocycles. The van der Waals surface area contributed by atoms with E-state index in [4.69, 9.17) is 15.2 Å². The van der Waals surface area contributed by atoms with E-state index in [0.29, 0.717) is 12.5 Å². The predicted octanol–water partition coefficient (Wildman–Crippen LogP) is 3.03. The van der Waals surface area contributed by atoms with Crippen LogP contribution in [-0.2, 0) is 14.3 Å². The van der Waals surface area contributed by atoms with Gasteiger partial charge in [0.15, 0.2) is 0 Å². The Labute approximate surface area is 123 Å². The molecule has 2 N–H and O–H groups in total. The second-order valence-electron chi connectivity index (χ2n) is 6.23. The van der Waals surface area contributed by atoms with Crippen molar-refractivity contribution in [2.24, 2.45) is 11.7 Å². The first-order valence-corrected chi connectivity index (χ1v) is 8.00. The largest absolute Gasteiger partial charge is 0.468 e. The lowest BCUT2D eigenvalue weighted by Gasteiger charge is -2.31. The molecule has 118 valence electrons. The van der Waals surface area contributed by atoms with Crippen molar-refractivity contribution in [3.05, 3.63) is 0 Å². The van der Waals surface area contributed by atoms with Crippen LogP contribution < -0.4 is 5.73 Å². The maximum atomic E-state index is 11.4. The van der Waals surface area contributed by atoms with Crippen molar-refractivity contribution in [2.75, 3.05) is 13.7 Å². The number of hydrogen-bond acceptors (Lipinski definition) is 4. The van der Waals surface area contributed by atoms with Crippen LogP contribution in [0.5, 0.6) is 0 Å². The van der Waals surface area contributed by atoms with Crippen LogP contribution in [0, 0.1) is 5.92 Å². The van der Waals surface area contributed by atoms with Crippen LogP contribution in [0.15, 0.2) is 0 Å². The summed E-state index contributed by atoms with van der Waals surface area (Å²) in [4.78, 5) is 11.4. The fourth-order valence-corrected chi connectivity index (χ4v) is 3.02. The Morgan fingerprint density at radius 3 is 2.65 bits per heavy atom. The average molecular weight is 285 g/mol. The second kappa shape index (κ2) is 8.63. The Morgan fingerprint density at radius 1 is 1.30 bits per heavy atom. The van der Waals surface area contributed by atoms with Crippen LogP contribution in [0.1, 0.15) is 65.2 Å². The third-order valence-corrected chi connectivity index (χ3v) is 4.44. The minimum absolute atomic E-state index is 0.336. The third kappa shape index (κ3) is 5.41. The molecule has 0 bridgehead atoms. The predicted molar refractivity (Wildman–Crippen MR) is 80.4 cm³/mol. The van der Waals surface area contributed by atoms with Crippen molar-refractivity contribution in [1.29, 1.82) is 0 Å². The number of carbonyl (C=O) groups is 1. The molecule has 1 aliphatic carbocycles. The molecule has 1 fully saturated rings. The highest BCUT2D eigenvalue weighted by Gasteiger charge is 2.28. The number of carbonyl (C=O) groups excluding carboxylic acids is 1. The zero-order valence-electron chi connectivity index (χ0n) is 13.3. The third-order valence-electron chi connectivity index (χ3n) is 4.44. The normalized spacial score (nSPS) is 26.0. The van der Waals surface area contributed by atoms with Gasteiger partial charge in [0.1, 0.15) is 5.54 Å². The van der Waals surface area contributed by atoms with Crippen molar-refractivity contribution in [3.63, 3.8) is 0 Å². The Balaban J connectivity index is 2.17. The molecule has 1 aliphatic rings. The molecular formula is C16H31NO3. The Morgan fingerprint density at radius 2 is 2.00 bits per heavy atom. The highest BCUT2D eigenvalue weighted by atomic mass is 16.5. The lowest BCUT2D eigenvalue weighted by atomic mass is 9.85. The molecule has 0 aromatic rings. The second-order valence-corrected chi connectivity index (χ2v) is 6.23. The fraction of sp³-hybridized carbons (Fsp3) is 0.938. The van der Waals surface area contributed by atoms with E-state index in [2.05, 4.69) is 6.92 Å². The van der Waals surface area contributed by atoms with Crippen molar-refractivity contribution in [3.8, 4) is 0 Å². The molecular weight excluding hydrogens is 254 g/mol. The van der Waals surface area contributed by atoms with Crippen LogP contribution in [0.4, 0.5) is 0 Å². The molecule has 0 aromatic carbocycles. The van der Waals surface area contributed by atoms with E-state index in [1.54, 1.807) is 6.92 Å². The number of nitrogens with two attached hydrogens (primary N) is 1. The van der Waals surface area contributed by atoms with E-state index in [9.17, 15) is 4.79 Å². The van der Waals surface area contributed by atoms with Gasteiger partial charge in [-0.2, -0.15) is 0 Å². The first kappa shape index (κ1) is 17.4. The molecule has 3 atom stereocenters.